The number of hydrogen-bond donors (Lipinski definition) is 0. The molecule has 0 N–H and O–H groups in total. The molecule has 1 aromatic heterocycles. The van der Waals surface area contributed by atoms with Crippen LogP contribution in [0.2, 0.25) is 0 Å². The summed E-state index contributed by atoms with van der Waals surface area (Å²) >= 11 is 1.11. The molecule has 0 aliphatic heterocycles. The van der Waals surface area contributed by atoms with Gasteiger partial charge >= 0.3 is 5.97 Å². The summed E-state index contributed by atoms with van der Waals surface area (Å²) < 4.78 is 39.6. The molecule has 0 bridgehead atoms. The molecule has 8 heteroatoms. The van der Waals surface area contributed by atoms with Gasteiger partial charge in [-0.1, -0.05) is 19.8 Å². The fourth-order valence-electron chi connectivity index (χ4n) is 6.25. The van der Waals surface area contributed by atoms with Crippen LogP contribution in [0, 0.1) is 11.8 Å². The number of anilines is 1. The largest absolute Gasteiger partial charge is 0.465 e. The number of hydrogen-bond acceptors (Lipinski definition) is 5. The monoisotopic (exact) mass is 523 g/mol. The lowest BCUT2D eigenvalue weighted by molar-refractivity contribution is -0.120. The van der Waals surface area contributed by atoms with Crippen LogP contribution in [0.4, 0.5) is 14.5 Å². The maximum Gasteiger partial charge on any atom is 0.350 e. The molecule has 3 aliphatic carbocycles. The number of ether oxygens (including phenoxy) is 2. The van der Waals surface area contributed by atoms with Crippen LogP contribution in [-0.2, 0) is 14.3 Å². The van der Waals surface area contributed by atoms with E-state index in [4.69, 9.17) is 9.47 Å². The number of nitrogens with zero attached hydrogens (tertiary/aromatic N) is 1. The van der Waals surface area contributed by atoms with Gasteiger partial charge in [-0.15, -0.1) is 11.3 Å². The fourth-order valence-corrected chi connectivity index (χ4v) is 7.39. The van der Waals surface area contributed by atoms with Crippen LogP contribution in [-0.4, -0.2) is 44.4 Å². The van der Waals surface area contributed by atoms with Gasteiger partial charge in [-0.05, 0) is 75.7 Å². The van der Waals surface area contributed by atoms with Crippen molar-refractivity contribution >= 4 is 34.5 Å². The van der Waals surface area contributed by atoms with Crippen LogP contribution < -0.4 is 4.90 Å². The fraction of sp³-hybridized carbons (Fsp3) is 0.714. The summed E-state index contributed by atoms with van der Waals surface area (Å²) in [4.78, 5) is 29.4. The van der Waals surface area contributed by atoms with Crippen LogP contribution in [0.1, 0.15) is 98.5 Å². The average molecular weight is 524 g/mol. The Hall–Kier alpha value is -1.80. The average Bonchev–Trinajstić information content (AvgIpc) is 3.30. The topological polar surface area (TPSA) is 55.8 Å². The molecule has 1 amide bonds. The highest BCUT2D eigenvalue weighted by molar-refractivity contribution is 7.15. The first kappa shape index (κ1) is 27.2. The van der Waals surface area contributed by atoms with Crippen LogP contribution in [0.25, 0.3) is 5.57 Å². The summed E-state index contributed by atoms with van der Waals surface area (Å²) in [5, 5.41) is 0. The summed E-state index contributed by atoms with van der Waals surface area (Å²) in [7, 11) is 3.02. The van der Waals surface area contributed by atoms with E-state index in [1.165, 1.54) is 13.5 Å². The summed E-state index contributed by atoms with van der Waals surface area (Å²) in [5.74, 6) is -0.365. The number of rotatable bonds is 7. The quantitative estimate of drug-likeness (QED) is 0.353. The number of carbonyl (C=O) groups excluding carboxylic acids is 2. The van der Waals surface area contributed by atoms with E-state index in [0.29, 0.717) is 47.2 Å². The number of esters is 1. The summed E-state index contributed by atoms with van der Waals surface area (Å²) in [6, 6.07) is 1.66. The van der Waals surface area contributed by atoms with E-state index in [-0.39, 0.29) is 29.4 Å². The van der Waals surface area contributed by atoms with Crippen molar-refractivity contribution in [3.05, 3.63) is 21.6 Å². The predicted molar refractivity (Wildman–Crippen MR) is 139 cm³/mol. The molecule has 3 aliphatic rings. The normalized spacial score (nSPS) is 29.2. The Kier molecular flexibility index (Phi) is 9.20. The van der Waals surface area contributed by atoms with E-state index in [1.807, 2.05) is 0 Å². The second-order valence-electron chi connectivity index (χ2n) is 10.8. The lowest BCUT2D eigenvalue weighted by atomic mass is 9.80. The van der Waals surface area contributed by atoms with E-state index in [2.05, 4.69) is 6.92 Å². The second-order valence-corrected chi connectivity index (χ2v) is 11.8. The highest BCUT2D eigenvalue weighted by atomic mass is 32.1. The van der Waals surface area contributed by atoms with E-state index < -0.39 is 18.0 Å². The van der Waals surface area contributed by atoms with Crippen LogP contribution in [0.3, 0.4) is 0 Å². The van der Waals surface area contributed by atoms with Gasteiger partial charge in [0, 0.05) is 30.0 Å². The third kappa shape index (κ3) is 6.01. The van der Waals surface area contributed by atoms with Crippen LogP contribution >= 0.6 is 11.3 Å². The van der Waals surface area contributed by atoms with Crippen molar-refractivity contribution in [2.75, 3.05) is 19.1 Å². The minimum atomic E-state index is -1.61. The third-order valence-electron chi connectivity index (χ3n) is 8.21. The molecule has 36 heavy (non-hydrogen) atoms. The third-order valence-corrected chi connectivity index (χ3v) is 9.37. The molecule has 0 saturated heterocycles. The van der Waals surface area contributed by atoms with E-state index in [0.717, 1.165) is 56.3 Å². The standard InChI is InChI=1S/C28H39F2NO4S/c1-17-6-4-7-18(14-17)15-25(32)31(19-10-12-20(34-2)13-11-19)23-16-24(36-27(23)28(33)35-3)21-8-5-9-22(29)26(21)30/h16-20,22H,4-15H2,1-3H3. The van der Waals surface area contributed by atoms with Gasteiger partial charge in [-0.25, -0.2) is 13.6 Å². The molecule has 1 heterocycles. The molecule has 3 unspecified atom stereocenters. The molecule has 0 radical (unpaired) electrons. The molecule has 200 valence electrons. The van der Waals surface area contributed by atoms with Crippen molar-refractivity contribution in [1.29, 1.82) is 0 Å². The molecule has 0 aromatic carbocycles. The SMILES string of the molecule is COC(=O)c1sc(C2=C(F)C(F)CCC2)cc1N(C(=O)CC1CCCC(C)C1)C1CCC(OC)CC1. The Morgan fingerprint density at radius 3 is 2.50 bits per heavy atom. The number of thiophene rings is 1. The molecule has 3 atom stereocenters. The second kappa shape index (κ2) is 12.2. The first-order valence-electron chi connectivity index (χ1n) is 13.4. The zero-order valence-corrected chi connectivity index (χ0v) is 22.5. The molecule has 1 aromatic rings. The number of halogens is 2. The molecule has 5 nitrogen and oxygen atoms in total. The van der Waals surface area contributed by atoms with Gasteiger partial charge in [-0.3, -0.25) is 4.79 Å². The molecule has 2 saturated carbocycles. The van der Waals surface area contributed by atoms with Gasteiger partial charge in [0.15, 0.2) is 6.17 Å². The minimum absolute atomic E-state index is 0.00549. The first-order valence-corrected chi connectivity index (χ1v) is 14.2. The maximum atomic E-state index is 14.8. The van der Waals surface area contributed by atoms with Crippen LogP contribution in [0.5, 0.6) is 0 Å². The smallest absolute Gasteiger partial charge is 0.350 e. The van der Waals surface area contributed by atoms with Gasteiger partial charge in [0.05, 0.1) is 18.9 Å². The van der Waals surface area contributed by atoms with Crippen molar-refractivity contribution in [2.24, 2.45) is 11.8 Å². The van der Waals surface area contributed by atoms with Crippen molar-refractivity contribution in [2.45, 2.75) is 102 Å². The Balaban J connectivity index is 1.71. The Labute approximate surface area is 217 Å². The van der Waals surface area contributed by atoms with Crippen molar-refractivity contribution < 1.29 is 27.8 Å². The molecular weight excluding hydrogens is 484 g/mol. The van der Waals surface area contributed by atoms with Gasteiger partial charge < -0.3 is 14.4 Å². The lowest BCUT2D eigenvalue weighted by Crippen LogP contribution is -2.44. The number of methoxy groups -OCH3 is 2. The van der Waals surface area contributed by atoms with Gasteiger partial charge in [0.2, 0.25) is 5.91 Å². The molecule has 2 fully saturated rings. The zero-order valence-electron chi connectivity index (χ0n) is 21.7. The van der Waals surface area contributed by atoms with Crippen molar-refractivity contribution in [3.8, 4) is 0 Å². The summed E-state index contributed by atoms with van der Waals surface area (Å²) in [5.41, 5.74) is 0.796. The Bertz CT molecular complexity index is 969. The lowest BCUT2D eigenvalue weighted by Gasteiger charge is -2.38. The Morgan fingerprint density at radius 2 is 1.83 bits per heavy atom. The summed E-state index contributed by atoms with van der Waals surface area (Å²) in [6.07, 6.45) is 7.72. The van der Waals surface area contributed by atoms with E-state index in [1.54, 1.807) is 18.1 Å². The predicted octanol–water partition coefficient (Wildman–Crippen LogP) is 7.24. The summed E-state index contributed by atoms with van der Waals surface area (Å²) in [6.45, 7) is 2.24. The van der Waals surface area contributed by atoms with Gasteiger partial charge in [0.1, 0.15) is 10.7 Å². The maximum absolute atomic E-state index is 14.8. The van der Waals surface area contributed by atoms with Crippen molar-refractivity contribution in [1.82, 2.24) is 0 Å². The number of allylic oxidation sites excluding steroid dienone is 2. The number of amides is 1. The van der Waals surface area contributed by atoms with Crippen molar-refractivity contribution in [3.63, 3.8) is 0 Å². The minimum Gasteiger partial charge on any atom is -0.465 e. The highest BCUT2D eigenvalue weighted by Gasteiger charge is 2.36. The highest BCUT2D eigenvalue weighted by Crippen LogP contribution is 2.44. The number of carbonyl (C=O) groups is 2. The van der Waals surface area contributed by atoms with E-state index in [9.17, 15) is 18.4 Å². The van der Waals surface area contributed by atoms with Crippen LogP contribution in [0.15, 0.2) is 11.9 Å². The van der Waals surface area contributed by atoms with Gasteiger partial charge in [-0.2, -0.15) is 0 Å². The molecule has 0 spiro atoms. The molecule has 4 rings (SSSR count). The molecular formula is C28H39F2NO4S. The Morgan fingerprint density at radius 1 is 1.08 bits per heavy atom. The zero-order chi connectivity index (χ0) is 25.8. The first-order chi connectivity index (χ1) is 17.3. The van der Waals surface area contributed by atoms with Gasteiger partial charge in [0.25, 0.3) is 0 Å². The van der Waals surface area contributed by atoms with E-state index >= 15 is 0 Å². The number of alkyl halides is 1.